The lowest BCUT2D eigenvalue weighted by molar-refractivity contribution is -0.274. The predicted molar refractivity (Wildman–Crippen MR) is 103 cm³/mol. The minimum absolute atomic E-state index is 0.00346. The number of nitrogens with one attached hydrogen (secondary N) is 2. The summed E-state index contributed by atoms with van der Waals surface area (Å²) in [7, 11) is 0. The number of carbonyl (C=O) groups excluding carboxylic acids is 3. The third-order valence-corrected chi connectivity index (χ3v) is 4.08. The number of aliphatic hydroxyl groups excluding tert-OH is 1. The molecular formula is C20H16F3N3O5. The Labute approximate surface area is 173 Å². The van der Waals surface area contributed by atoms with Crippen LogP contribution in [0.1, 0.15) is 10.4 Å². The van der Waals surface area contributed by atoms with Crippen molar-refractivity contribution < 1.29 is 37.4 Å². The van der Waals surface area contributed by atoms with Crippen LogP contribution >= 0.6 is 0 Å². The lowest BCUT2D eigenvalue weighted by Crippen LogP contribution is -2.34. The molecule has 2 aromatic carbocycles. The second-order valence-corrected chi connectivity index (χ2v) is 6.31. The van der Waals surface area contributed by atoms with Crippen LogP contribution in [0, 0.1) is 0 Å². The van der Waals surface area contributed by atoms with Crippen LogP contribution in [0.4, 0.5) is 24.5 Å². The average molecular weight is 435 g/mol. The van der Waals surface area contributed by atoms with E-state index in [0.29, 0.717) is 5.69 Å². The van der Waals surface area contributed by atoms with Crippen molar-refractivity contribution in [1.29, 1.82) is 0 Å². The molecule has 0 spiro atoms. The van der Waals surface area contributed by atoms with E-state index in [2.05, 4.69) is 15.4 Å². The normalized spacial score (nSPS) is 13.8. The van der Waals surface area contributed by atoms with Crippen molar-refractivity contribution in [2.24, 2.45) is 0 Å². The molecule has 0 saturated heterocycles. The molecule has 0 atom stereocenters. The van der Waals surface area contributed by atoms with Gasteiger partial charge in [-0.15, -0.1) is 13.2 Å². The molecule has 0 radical (unpaired) electrons. The number of imide groups is 1. The van der Waals surface area contributed by atoms with Crippen molar-refractivity contribution in [2.45, 2.75) is 6.36 Å². The molecule has 31 heavy (non-hydrogen) atoms. The van der Waals surface area contributed by atoms with Gasteiger partial charge in [-0.3, -0.25) is 19.3 Å². The van der Waals surface area contributed by atoms with Gasteiger partial charge in [-0.25, -0.2) is 0 Å². The number of ether oxygens (including phenoxy) is 1. The molecule has 1 heterocycles. The van der Waals surface area contributed by atoms with Crippen molar-refractivity contribution in [3.8, 4) is 5.75 Å². The highest BCUT2D eigenvalue weighted by molar-refractivity contribution is 6.17. The Hall–Kier alpha value is -3.86. The van der Waals surface area contributed by atoms with E-state index in [1.807, 2.05) is 0 Å². The molecule has 0 aromatic heterocycles. The quantitative estimate of drug-likeness (QED) is 0.577. The number of benzene rings is 2. The standard InChI is InChI=1S/C20H16F3N3O5/c21-20(22,23)31-15-6-4-13(5-7-15)25-18(29)12-2-1-3-14(10-12)24-16-11-17(28)26(8-9-27)19(16)30/h1-7,10-11,24,27H,8-9H2,(H,25,29). The topological polar surface area (TPSA) is 108 Å². The summed E-state index contributed by atoms with van der Waals surface area (Å²) in [6.45, 7) is -0.494. The molecular weight excluding hydrogens is 419 g/mol. The predicted octanol–water partition coefficient (Wildman–Crippen LogP) is 2.49. The molecule has 3 amide bonds. The largest absolute Gasteiger partial charge is 0.573 e. The molecule has 1 aliphatic rings. The average Bonchev–Trinajstić information content (AvgIpc) is 2.96. The summed E-state index contributed by atoms with van der Waals surface area (Å²) in [6.07, 6.45) is -3.72. The summed E-state index contributed by atoms with van der Waals surface area (Å²) in [5.74, 6) is -2.13. The molecule has 3 N–H and O–H groups in total. The fourth-order valence-electron chi connectivity index (χ4n) is 2.75. The highest BCUT2D eigenvalue weighted by atomic mass is 19.4. The Balaban J connectivity index is 1.66. The minimum Gasteiger partial charge on any atom is -0.406 e. The molecule has 0 bridgehead atoms. The molecule has 0 saturated carbocycles. The fourth-order valence-corrected chi connectivity index (χ4v) is 2.75. The number of alkyl halides is 3. The second kappa shape index (κ2) is 8.88. The van der Waals surface area contributed by atoms with E-state index in [4.69, 9.17) is 5.11 Å². The van der Waals surface area contributed by atoms with Crippen LogP contribution in [0.25, 0.3) is 0 Å². The van der Waals surface area contributed by atoms with Gasteiger partial charge in [-0.2, -0.15) is 0 Å². The Morgan fingerprint density at radius 1 is 1.06 bits per heavy atom. The van der Waals surface area contributed by atoms with Gasteiger partial charge in [0.2, 0.25) is 0 Å². The third-order valence-electron chi connectivity index (χ3n) is 4.08. The highest BCUT2D eigenvalue weighted by Crippen LogP contribution is 2.24. The summed E-state index contributed by atoms with van der Waals surface area (Å²) < 4.78 is 40.4. The van der Waals surface area contributed by atoms with E-state index in [9.17, 15) is 27.6 Å². The molecule has 162 valence electrons. The maximum absolute atomic E-state index is 12.4. The Kier molecular flexibility index (Phi) is 6.25. The van der Waals surface area contributed by atoms with Gasteiger partial charge in [0.15, 0.2) is 0 Å². The number of hydrogen-bond donors (Lipinski definition) is 3. The van der Waals surface area contributed by atoms with E-state index >= 15 is 0 Å². The van der Waals surface area contributed by atoms with Crippen molar-refractivity contribution >= 4 is 29.1 Å². The molecule has 1 aliphatic heterocycles. The van der Waals surface area contributed by atoms with Crippen LogP contribution < -0.4 is 15.4 Å². The molecule has 11 heteroatoms. The van der Waals surface area contributed by atoms with Gasteiger partial charge in [0.25, 0.3) is 17.7 Å². The van der Waals surface area contributed by atoms with E-state index in [-0.39, 0.29) is 30.1 Å². The van der Waals surface area contributed by atoms with Gasteiger partial charge in [0.1, 0.15) is 11.4 Å². The van der Waals surface area contributed by atoms with Crippen LogP contribution in [0.2, 0.25) is 0 Å². The zero-order valence-electron chi connectivity index (χ0n) is 15.8. The molecule has 8 nitrogen and oxygen atoms in total. The molecule has 3 rings (SSSR count). The van der Waals surface area contributed by atoms with Gasteiger partial charge in [0, 0.05) is 23.0 Å². The number of aliphatic hydroxyl groups is 1. The van der Waals surface area contributed by atoms with Crippen molar-refractivity contribution in [1.82, 2.24) is 4.90 Å². The van der Waals surface area contributed by atoms with Crippen molar-refractivity contribution in [3.05, 3.63) is 65.9 Å². The third kappa shape index (κ3) is 5.60. The Morgan fingerprint density at radius 2 is 1.77 bits per heavy atom. The first-order chi connectivity index (χ1) is 14.7. The summed E-state index contributed by atoms with van der Waals surface area (Å²) in [5, 5.41) is 14.2. The maximum Gasteiger partial charge on any atom is 0.573 e. The first kappa shape index (κ1) is 21.8. The van der Waals surface area contributed by atoms with Crippen LogP contribution in [0.3, 0.4) is 0 Å². The van der Waals surface area contributed by atoms with Gasteiger partial charge in [0.05, 0.1) is 13.2 Å². The number of rotatable bonds is 7. The van der Waals surface area contributed by atoms with Crippen molar-refractivity contribution in [2.75, 3.05) is 23.8 Å². The smallest absolute Gasteiger partial charge is 0.406 e. The molecule has 0 unspecified atom stereocenters. The Morgan fingerprint density at radius 3 is 2.42 bits per heavy atom. The number of hydrogen-bond acceptors (Lipinski definition) is 6. The number of nitrogens with zero attached hydrogens (tertiary/aromatic N) is 1. The second-order valence-electron chi connectivity index (χ2n) is 6.31. The maximum atomic E-state index is 12.4. The summed E-state index contributed by atoms with van der Waals surface area (Å²) in [5.41, 5.74) is 0.804. The first-order valence-electron chi connectivity index (χ1n) is 8.89. The zero-order chi connectivity index (χ0) is 22.6. The van der Waals surface area contributed by atoms with Crippen LogP contribution in [-0.2, 0) is 9.59 Å². The highest BCUT2D eigenvalue weighted by Gasteiger charge is 2.31. The van der Waals surface area contributed by atoms with Gasteiger partial charge in [-0.05, 0) is 42.5 Å². The number of amides is 3. The van der Waals surface area contributed by atoms with Gasteiger partial charge in [-0.1, -0.05) is 6.07 Å². The molecule has 0 aliphatic carbocycles. The van der Waals surface area contributed by atoms with E-state index in [1.54, 1.807) is 12.1 Å². The van der Waals surface area contributed by atoms with E-state index in [1.165, 1.54) is 24.3 Å². The van der Waals surface area contributed by atoms with E-state index in [0.717, 1.165) is 23.1 Å². The Bertz CT molecular complexity index is 1040. The van der Waals surface area contributed by atoms with Gasteiger partial charge >= 0.3 is 6.36 Å². The minimum atomic E-state index is -4.81. The summed E-state index contributed by atoms with van der Waals surface area (Å²) in [6, 6.07) is 10.7. The van der Waals surface area contributed by atoms with Crippen LogP contribution in [0.5, 0.6) is 5.75 Å². The SMILES string of the molecule is O=C(Nc1ccc(OC(F)(F)F)cc1)c1cccc(NC2=CC(=O)N(CCO)C2=O)c1. The number of carbonyl (C=O) groups is 3. The van der Waals surface area contributed by atoms with Crippen LogP contribution in [-0.4, -0.2) is 47.2 Å². The lowest BCUT2D eigenvalue weighted by atomic mass is 10.1. The van der Waals surface area contributed by atoms with Gasteiger partial charge < -0.3 is 20.5 Å². The lowest BCUT2D eigenvalue weighted by Gasteiger charge is -2.14. The van der Waals surface area contributed by atoms with Crippen LogP contribution in [0.15, 0.2) is 60.3 Å². The summed E-state index contributed by atoms with van der Waals surface area (Å²) >= 11 is 0. The molecule has 0 fully saturated rings. The number of β-amino-alcohol motifs (C(OH)–C–C–N with tert-alkyl or cyclic N) is 1. The number of halogens is 3. The summed E-state index contributed by atoms with van der Waals surface area (Å²) in [4.78, 5) is 37.3. The number of anilines is 2. The zero-order valence-corrected chi connectivity index (χ0v) is 15.8. The van der Waals surface area contributed by atoms with E-state index < -0.39 is 29.8 Å². The first-order valence-corrected chi connectivity index (χ1v) is 8.89. The molecule has 2 aromatic rings. The monoisotopic (exact) mass is 435 g/mol. The fraction of sp³-hybridized carbons (Fsp3) is 0.150. The van der Waals surface area contributed by atoms with Crippen molar-refractivity contribution in [3.63, 3.8) is 0 Å².